The second kappa shape index (κ2) is 10.8. The minimum Gasteiger partial charge on any atom is -0.303 e. The van der Waals surface area contributed by atoms with E-state index in [1.54, 1.807) is 16.9 Å². The Hall–Kier alpha value is -0.850. The number of hydrogen-bond donors (Lipinski definition) is 1. The quantitative estimate of drug-likeness (QED) is 0.313. The predicted molar refractivity (Wildman–Crippen MR) is 140 cm³/mol. The van der Waals surface area contributed by atoms with Crippen molar-refractivity contribution >= 4 is 34.1 Å². The van der Waals surface area contributed by atoms with Crippen LogP contribution in [0.1, 0.15) is 90.4 Å². The molecule has 1 amide bonds. The molecule has 3 aliphatic carbocycles. The van der Waals surface area contributed by atoms with E-state index < -0.39 is 0 Å². The third kappa shape index (κ3) is 5.70. The molecular weight excluding hydrogens is 446 g/mol. The van der Waals surface area contributed by atoms with Gasteiger partial charge in [-0.2, -0.15) is 0 Å². The average molecular weight is 488 g/mol. The van der Waals surface area contributed by atoms with Crippen molar-refractivity contribution in [3.63, 3.8) is 0 Å². The number of likely N-dealkylation sites (tertiary alicyclic amines) is 1. The first-order valence-corrected chi connectivity index (χ1v) is 15.3. The van der Waals surface area contributed by atoms with Gasteiger partial charge in [0.05, 0.1) is 10.4 Å². The van der Waals surface area contributed by atoms with Gasteiger partial charge in [0.25, 0.3) is 0 Å². The van der Waals surface area contributed by atoms with Crippen LogP contribution >= 0.6 is 23.1 Å². The fraction of sp³-hybridized carbons (Fsp3) is 0.778. The van der Waals surface area contributed by atoms with E-state index in [1.165, 1.54) is 99.9 Å². The number of nitrogens with one attached hydrogen (secondary N) is 1. The molecule has 1 spiro atoms. The van der Waals surface area contributed by atoms with Gasteiger partial charge in [0, 0.05) is 24.1 Å². The van der Waals surface area contributed by atoms with E-state index in [2.05, 4.69) is 22.1 Å². The monoisotopic (exact) mass is 487 g/mol. The molecule has 1 aromatic rings. The van der Waals surface area contributed by atoms with Crippen molar-refractivity contribution in [2.45, 2.75) is 94.6 Å². The highest BCUT2D eigenvalue weighted by molar-refractivity contribution is 8.01. The number of thioether (sulfide) groups is 1. The van der Waals surface area contributed by atoms with Crippen molar-refractivity contribution in [3.05, 3.63) is 17.3 Å². The van der Waals surface area contributed by atoms with Gasteiger partial charge < -0.3 is 10.2 Å². The first-order valence-electron chi connectivity index (χ1n) is 13.5. The Morgan fingerprint density at radius 3 is 2.61 bits per heavy atom. The Kier molecular flexibility index (Phi) is 7.83. The molecule has 3 fully saturated rings. The van der Waals surface area contributed by atoms with Gasteiger partial charge in [-0.3, -0.25) is 4.79 Å². The third-order valence-electron chi connectivity index (χ3n) is 8.67. The van der Waals surface area contributed by atoms with Crippen LogP contribution in [0.2, 0.25) is 0 Å². The van der Waals surface area contributed by atoms with E-state index in [9.17, 15) is 4.79 Å². The minimum absolute atomic E-state index is 0.146. The molecule has 4 nitrogen and oxygen atoms in total. The van der Waals surface area contributed by atoms with Crippen LogP contribution in [0.5, 0.6) is 0 Å². The van der Waals surface area contributed by atoms with Crippen molar-refractivity contribution in [1.29, 1.82) is 0 Å². The summed E-state index contributed by atoms with van der Waals surface area (Å²) < 4.78 is 1.22. The summed E-state index contributed by atoms with van der Waals surface area (Å²) >= 11 is 3.52. The van der Waals surface area contributed by atoms with Gasteiger partial charge in [-0.05, 0) is 76.3 Å². The molecule has 0 aromatic carbocycles. The van der Waals surface area contributed by atoms with Gasteiger partial charge in [-0.1, -0.05) is 55.1 Å². The highest BCUT2D eigenvalue weighted by Gasteiger charge is 2.55. The van der Waals surface area contributed by atoms with Gasteiger partial charge in [0.15, 0.2) is 5.13 Å². The molecule has 33 heavy (non-hydrogen) atoms. The summed E-state index contributed by atoms with van der Waals surface area (Å²) in [7, 11) is 0. The van der Waals surface area contributed by atoms with Gasteiger partial charge in [-0.25, -0.2) is 4.98 Å². The van der Waals surface area contributed by atoms with Gasteiger partial charge in [-0.15, -0.1) is 11.8 Å². The van der Waals surface area contributed by atoms with Crippen molar-refractivity contribution < 1.29 is 4.79 Å². The van der Waals surface area contributed by atoms with Crippen LogP contribution < -0.4 is 5.32 Å². The Bertz CT molecular complexity index is 843. The number of thiazole rings is 1. The van der Waals surface area contributed by atoms with Crippen molar-refractivity contribution in [1.82, 2.24) is 9.88 Å². The largest absolute Gasteiger partial charge is 0.303 e. The zero-order valence-electron chi connectivity index (χ0n) is 20.4. The Labute approximate surface area is 208 Å². The summed E-state index contributed by atoms with van der Waals surface area (Å²) in [6, 6.07) is 0. The first kappa shape index (κ1) is 23.9. The number of hydrogen-bond acceptors (Lipinski definition) is 5. The molecule has 5 rings (SSSR count). The number of carbonyl (C=O) groups excluding carboxylic acids is 1. The zero-order chi connectivity index (χ0) is 22.7. The Balaban J connectivity index is 1.14. The Morgan fingerprint density at radius 1 is 1.12 bits per heavy atom. The summed E-state index contributed by atoms with van der Waals surface area (Å²) in [5.41, 5.74) is 3.56. The van der Waals surface area contributed by atoms with Gasteiger partial charge >= 0.3 is 0 Å². The summed E-state index contributed by atoms with van der Waals surface area (Å²) in [6.07, 6.45) is 18.7. The van der Waals surface area contributed by atoms with Crippen molar-refractivity contribution in [2.24, 2.45) is 17.3 Å². The van der Waals surface area contributed by atoms with E-state index in [0.717, 1.165) is 29.3 Å². The first-order chi connectivity index (χ1) is 16.1. The molecular formula is C27H41N3OS2. The van der Waals surface area contributed by atoms with Crippen molar-refractivity contribution in [2.75, 3.05) is 30.7 Å². The standard InChI is InChI=1S/C27H41N3OS2/c1-20-10-12-27(13-11-20)22(25(27)21-8-4-2-5-9-21)18-23(31)29-26-28-19-24(33-26)32-17-16-30-14-6-3-7-15-30/h19-21H,2-18H2,1H3,(H,28,29,31). The van der Waals surface area contributed by atoms with E-state index >= 15 is 0 Å². The summed E-state index contributed by atoms with van der Waals surface area (Å²) in [4.78, 5) is 20.1. The topological polar surface area (TPSA) is 45.2 Å². The number of amides is 1. The van der Waals surface area contributed by atoms with Gasteiger partial charge in [0.1, 0.15) is 0 Å². The zero-order valence-corrected chi connectivity index (χ0v) is 22.0. The fourth-order valence-corrected chi connectivity index (χ4v) is 8.70. The molecule has 1 saturated heterocycles. The van der Waals surface area contributed by atoms with Crippen LogP contribution in [0.3, 0.4) is 0 Å². The smallest absolute Gasteiger partial charge is 0.230 e. The van der Waals surface area contributed by atoms with Crippen LogP contribution in [-0.4, -0.2) is 41.2 Å². The Morgan fingerprint density at radius 2 is 1.85 bits per heavy atom. The van der Waals surface area contributed by atoms with E-state index in [1.807, 2.05) is 18.0 Å². The molecule has 0 bridgehead atoms. The minimum atomic E-state index is 0.146. The molecule has 1 aromatic heterocycles. The molecule has 0 unspecified atom stereocenters. The average Bonchev–Trinajstić information content (AvgIpc) is 3.18. The summed E-state index contributed by atoms with van der Waals surface area (Å²) in [6.45, 7) is 6.06. The normalized spacial score (nSPS) is 28.9. The number of nitrogens with zero attached hydrogens (tertiary/aromatic N) is 2. The van der Waals surface area contributed by atoms with E-state index in [-0.39, 0.29) is 5.91 Å². The van der Waals surface area contributed by atoms with Crippen LogP contribution in [0.15, 0.2) is 21.6 Å². The summed E-state index contributed by atoms with van der Waals surface area (Å²) in [5.74, 6) is 2.86. The molecule has 1 aliphatic heterocycles. The number of aromatic nitrogens is 1. The number of rotatable bonds is 8. The maximum Gasteiger partial charge on any atom is 0.230 e. The fourth-order valence-electron chi connectivity index (χ4n) is 6.73. The van der Waals surface area contributed by atoms with E-state index in [4.69, 9.17) is 0 Å². The second-order valence-electron chi connectivity index (χ2n) is 11.0. The lowest BCUT2D eigenvalue weighted by Gasteiger charge is -2.32. The number of anilines is 1. The number of carbonyl (C=O) groups is 1. The van der Waals surface area contributed by atoms with Crippen LogP contribution in [0.4, 0.5) is 5.13 Å². The maximum absolute atomic E-state index is 13.0. The predicted octanol–water partition coefficient (Wildman–Crippen LogP) is 7.14. The van der Waals surface area contributed by atoms with Crippen LogP contribution in [-0.2, 0) is 4.79 Å². The molecule has 2 saturated carbocycles. The van der Waals surface area contributed by atoms with Crippen molar-refractivity contribution in [3.8, 4) is 0 Å². The maximum atomic E-state index is 13.0. The second-order valence-corrected chi connectivity index (χ2v) is 13.4. The molecule has 1 N–H and O–H groups in total. The molecule has 2 heterocycles. The molecule has 6 heteroatoms. The lowest BCUT2D eigenvalue weighted by atomic mass is 9.72. The summed E-state index contributed by atoms with van der Waals surface area (Å²) in [5, 5.41) is 3.91. The van der Waals surface area contributed by atoms with Crippen LogP contribution in [0, 0.1) is 17.3 Å². The lowest BCUT2D eigenvalue weighted by molar-refractivity contribution is -0.115. The number of allylic oxidation sites excluding steroid dienone is 1. The SMILES string of the molecule is CC1CCC2(CC1)C(CC(=O)Nc1ncc(SCCN3CCCCC3)s1)=C2C1CCCCC1. The number of piperidine rings is 1. The van der Waals surface area contributed by atoms with Crippen LogP contribution in [0.25, 0.3) is 0 Å². The van der Waals surface area contributed by atoms with E-state index in [0.29, 0.717) is 11.8 Å². The third-order valence-corrected chi connectivity index (χ3v) is 10.8. The molecule has 4 aliphatic rings. The highest BCUT2D eigenvalue weighted by Crippen LogP contribution is 2.67. The lowest BCUT2D eigenvalue weighted by Crippen LogP contribution is -2.31. The molecule has 0 atom stereocenters. The highest BCUT2D eigenvalue weighted by atomic mass is 32.2. The van der Waals surface area contributed by atoms with Gasteiger partial charge in [0.2, 0.25) is 5.91 Å². The molecule has 0 radical (unpaired) electrons. The molecule has 182 valence electrons.